The molecule has 0 unspecified atom stereocenters. The average Bonchev–Trinajstić information content (AvgIpc) is 3.40. The van der Waals surface area contributed by atoms with Crippen LogP contribution >= 0.6 is 0 Å². The van der Waals surface area contributed by atoms with Crippen LogP contribution in [-0.4, -0.2) is 0 Å². The highest BCUT2D eigenvalue weighted by Gasteiger charge is 2.24. The van der Waals surface area contributed by atoms with Gasteiger partial charge < -0.3 is 0 Å². The van der Waals surface area contributed by atoms with Crippen LogP contribution in [0, 0.1) is 0 Å². The van der Waals surface area contributed by atoms with E-state index in [1.807, 2.05) is 0 Å². The minimum atomic E-state index is 1.03. The maximum atomic E-state index is 2.48. The average molecular weight is 405 g/mol. The smallest absolute Gasteiger partial charge is 0.00132 e. The van der Waals surface area contributed by atoms with Crippen molar-refractivity contribution in [1.29, 1.82) is 0 Å². The molecular formula is C32H20. The highest BCUT2D eigenvalue weighted by atomic mass is 14.3. The molecule has 0 spiro atoms. The van der Waals surface area contributed by atoms with Crippen LogP contribution in [0.2, 0.25) is 0 Å². The SMILES string of the molecule is c1ccc2c(c1)Cc1cc3c(cc1-2)c1ccccc1c1c2c(ccc31)Cc1ccccc1-2. The zero-order valence-corrected chi connectivity index (χ0v) is 17.7. The minimum absolute atomic E-state index is 1.03. The van der Waals surface area contributed by atoms with E-state index >= 15 is 0 Å². The normalized spacial score (nSPS) is 13.4. The van der Waals surface area contributed by atoms with Gasteiger partial charge in [-0.2, -0.15) is 0 Å². The second-order valence-electron chi connectivity index (χ2n) is 9.29. The standard InChI is InChI=1S/C32H20/c1-3-9-23-19(7-1)16-22-17-29-27-14-13-21-15-20-8-2-4-10-24(20)31(21)32(27)26-12-6-5-11-25(26)30(29)18-28(22)23/h1-14,17-18H,15-16H2. The molecule has 0 saturated carbocycles. The number of fused-ring (bicyclic) bond motifs is 13. The summed E-state index contributed by atoms with van der Waals surface area (Å²) in [4.78, 5) is 0. The number of hydrogen-bond acceptors (Lipinski definition) is 0. The predicted molar refractivity (Wildman–Crippen MR) is 135 cm³/mol. The van der Waals surface area contributed by atoms with Crippen molar-refractivity contribution in [3.05, 3.63) is 119 Å². The molecule has 0 N–H and O–H groups in total. The fraction of sp³-hybridized carbons (Fsp3) is 0.0625. The van der Waals surface area contributed by atoms with Gasteiger partial charge in [0.15, 0.2) is 0 Å². The summed E-state index contributed by atoms with van der Waals surface area (Å²) in [6.07, 6.45) is 2.07. The summed E-state index contributed by atoms with van der Waals surface area (Å²) >= 11 is 0. The number of rotatable bonds is 0. The highest BCUT2D eigenvalue weighted by molar-refractivity contribution is 6.29. The Morgan fingerprint density at radius 1 is 0.375 bits per heavy atom. The monoisotopic (exact) mass is 404 g/mol. The molecule has 0 aliphatic heterocycles. The first-order valence-electron chi connectivity index (χ1n) is 11.5. The molecule has 0 aromatic heterocycles. The van der Waals surface area contributed by atoms with Crippen molar-refractivity contribution in [3.63, 3.8) is 0 Å². The van der Waals surface area contributed by atoms with Gasteiger partial charge in [-0.3, -0.25) is 0 Å². The van der Waals surface area contributed by atoms with Crippen molar-refractivity contribution in [3.8, 4) is 22.3 Å². The summed E-state index contributed by atoms with van der Waals surface area (Å²) in [5, 5.41) is 8.29. The van der Waals surface area contributed by atoms with Crippen LogP contribution in [0.15, 0.2) is 97.1 Å². The van der Waals surface area contributed by atoms with E-state index in [9.17, 15) is 0 Å². The lowest BCUT2D eigenvalue weighted by Crippen LogP contribution is -1.90. The summed E-state index contributed by atoms with van der Waals surface area (Å²) in [5.41, 5.74) is 11.5. The molecule has 0 nitrogen and oxygen atoms in total. The van der Waals surface area contributed by atoms with E-state index in [1.165, 1.54) is 76.8 Å². The molecule has 0 fully saturated rings. The Labute approximate surface area is 186 Å². The maximum Gasteiger partial charge on any atom is -0.00132 e. The quantitative estimate of drug-likeness (QED) is 0.223. The van der Waals surface area contributed by atoms with Gasteiger partial charge in [-0.15, -0.1) is 0 Å². The molecule has 2 aliphatic carbocycles. The van der Waals surface area contributed by atoms with E-state index < -0.39 is 0 Å². The molecule has 6 aromatic rings. The van der Waals surface area contributed by atoms with E-state index in [4.69, 9.17) is 0 Å². The van der Waals surface area contributed by atoms with Crippen molar-refractivity contribution in [1.82, 2.24) is 0 Å². The Morgan fingerprint density at radius 3 is 1.88 bits per heavy atom. The molecule has 0 radical (unpaired) electrons. The zero-order valence-electron chi connectivity index (χ0n) is 17.7. The van der Waals surface area contributed by atoms with Crippen LogP contribution in [0.5, 0.6) is 0 Å². The van der Waals surface area contributed by atoms with Crippen LogP contribution in [0.25, 0.3) is 54.6 Å². The van der Waals surface area contributed by atoms with E-state index in [1.54, 1.807) is 0 Å². The van der Waals surface area contributed by atoms with Crippen LogP contribution in [0.3, 0.4) is 0 Å². The first-order chi connectivity index (χ1) is 15.9. The van der Waals surface area contributed by atoms with Gasteiger partial charge in [0.05, 0.1) is 0 Å². The maximum absolute atomic E-state index is 2.48. The highest BCUT2D eigenvalue weighted by Crippen LogP contribution is 2.48. The second-order valence-corrected chi connectivity index (χ2v) is 9.29. The molecule has 0 heterocycles. The topological polar surface area (TPSA) is 0 Å². The molecule has 2 aliphatic rings. The summed E-state index contributed by atoms with van der Waals surface area (Å²) in [7, 11) is 0. The van der Waals surface area contributed by atoms with E-state index in [2.05, 4.69) is 97.1 Å². The molecule has 148 valence electrons. The Morgan fingerprint density at radius 2 is 1.00 bits per heavy atom. The number of hydrogen-bond donors (Lipinski definition) is 0. The third-order valence-electron chi connectivity index (χ3n) is 7.67. The molecule has 8 rings (SSSR count). The van der Waals surface area contributed by atoms with Crippen LogP contribution in [-0.2, 0) is 12.8 Å². The molecule has 0 heteroatoms. The molecule has 0 saturated heterocycles. The van der Waals surface area contributed by atoms with Crippen molar-refractivity contribution in [2.75, 3.05) is 0 Å². The Bertz CT molecular complexity index is 1760. The molecule has 32 heavy (non-hydrogen) atoms. The summed E-state index contributed by atoms with van der Waals surface area (Å²) in [6, 6.07) is 36.5. The summed E-state index contributed by atoms with van der Waals surface area (Å²) in [6.45, 7) is 0. The second kappa shape index (κ2) is 5.87. The van der Waals surface area contributed by atoms with Gasteiger partial charge in [-0.1, -0.05) is 84.9 Å². The molecule has 6 aromatic carbocycles. The Kier molecular flexibility index (Phi) is 3.07. The van der Waals surface area contributed by atoms with Crippen LogP contribution in [0.1, 0.15) is 22.3 Å². The van der Waals surface area contributed by atoms with Gasteiger partial charge >= 0.3 is 0 Å². The van der Waals surface area contributed by atoms with E-state index in [0.717, 1.165) is 12.8 Å². The van der Waals surface area contributed by atoms with Crippen LogP contribution in [0.4, 0.5) is 0 Å². The first kappa shape index (κ1) is 16.8. The molecule has 0 bridgehead atoms. The van der Waals surface area contributed by atoms with E-state index in [0.29, 0.717) is 0 Å². The van der Waals surface area contributed by atoms with Gasteiger partial charge in [0.25, 0.3) is 0 Å². The lowest BCUT2D eigenvalue weighted by atomic mass is 9.87. The van der Waals surface area contributed by atoms with Crippen molar-refractivity contribution in [2.24, 2.45) is 0 Å². The van der Waals surface area contributed by atoms with Gasteiger partial charge in [0, 0.05) is 0 Å². The van der Waals surface area contributed by atoms with Crippen LogP contribution < -0.4 is 0 Å². The van der Waals surface area contributed by atoms with Crippen molar-refractivity contribution < 1.29 is 0 Å². The summed E-state index contributed by atoms with van der Waals surface area (Å²) in [5.74, 6) is 0. The van der Waals surface area contributed by atoms with Gasteiger partial charge in [-0.25, -0.2) is 0 Å². The fourth-order valence-electron chi connectivity index (χ4n) is 6.29. The van der Waals surface area contributed by atoms with Crippen molar-refractivity contribution >= 4 is 32.3 Å². The lowest BCUT2D eigenvalue weighted by molar-refractivity contribution is 1.27. The van der Waals surface area contributed by atoms with Gasteiger partial charge in [0.2, 0.25) is 0 Å². The molecule has 0 amide bonds. The van der Waals surface area contributed by atoms with Gasteiger partial charge in [0.1, 0.15) is 0 Å². The third-order valence-corrected chi connectivity index (χ3v) is 7.67. The largest absolute Gasteiger partial charge is 0.0619 e. The Hall–Kier alpha value is -3.90. The lowest BCUT2D eigenvalue weighted by Gasteiger charge is -2.16. The third kappa shape index (κ3) is 2.03. The van der Waals surface area contributed by atoms with E-state index in [-0.39, 0.29) is 0 Å². The minimum Gasteiger partial charge on any atom is -0.0619 e. The zero-order chi connectivity index (χ0) is 20.8. The summed E-state index contributed by atoms with van der Waals surface area (Å²) < 4.78 is 0. The molecule has 0 atom stereocenters. The van der Waals surface area contributed by atoms with Crippen molar-refractivity contribution in [2.45, 2.75) is 12.8 Å². The fourth-order valence-corrected chi connectivity index (χ4v) is 6.29. The first-order valence-corrected chi connectivity index (χ1v) is 11.5. The van der Waals surface area contributed by atoms with Gasteiger partial charge in [-0.05, 0) is 102 Å². The predicted octanol–water partition coefficient (Wildman–Crippen LogP) is 8.29. The molecular weight excluding hydrogens is 384 g/mol. The number of benzene rings is 6. The Balaban J connectivity index is 1.58.